The van der Waals surface area contributed by atoms with Crippen molar-refractivity contribution in [2.75, 3.05) is 0 Å². The number of nitrogens with zero attached hydrogens (tertiary/aromatic N) is 1. The third-order valence-corrected chi connectivity index (χ3v) is 3.21. The lowest BCUT2D eigenvalue weighted by Crippen LogP contribution is -2.03. The zero-order valence-corrected chi connectivity index (χ0v) is 9.75. The highest BCUT2D eigenvalue weighted by atomic mass is 35.5. The van der Waals surface area contributed by atoms with Crippen molar-refractivity contribution in [3.63, 3.8) is 0 Å². The van der Waals surface area contributed by atoms with Crippen molar-refractivity contribution in [2.45, 2.75) is 0 Å². The van der Waals surface area contributed by atoms with Gasteiger partial charge in [-0.15, -0.1) is 0 Å². The normalized spacial score (nSPS) is 11.4. The summed E-state index contributed by atoms with van der Waals surface area (Å²) in [6.07, 6.45) is 0. The molecule has 86 valence electrons. The van der Waals surface area contributed by atoms with E-state index >= 15 is 0 Å². The second-order valence-electron chi connectivity index (χ2n) is 3.97. The molecule has 0 unspecified atom stereocenters. The Balaban J connectivity index is 2.47. The van der Waals surface area contributed by atoms with E-state index < -0.39 is 5.97 Å². The lowest BCUT2D eigenvalue weighted by atomic mass is 10.2. The summed E-state index contributed by atoms with van der Waals surface area (Å²) in [5.41, 5.74) is 2.00. The number of rotatable bonds is 1. The Kier molecular flexibility index (Phi) is 1.97. The summed E-state index contributed by atoms with van der Waals surface area (Å²) in [7, 11) is 1.72. The molecule has 0 atom stereocenters. The predicted molar refractivity (Wildman–Crippen MR) is 66.7 cm³/mol. The van der Waals surface area contributed by atoms with Crippen molar-refractivity contribution in [3.05, 3.63) is 35.0 Å². The number of hydrogen-bond donors (Lipinski definition) is 2. The molecule has 2 N–H and O–H groups in total. The summed E-state index contributed by atoms with van der Waals surface area (Å²) in [5.74, 6) is -0.938. The highest BCUT2D eigenvalue weighted by Gasteiger charge is 2.15. The Morgan fingerprint density at radius 1 is 1.35 bits per heavy atom. The van der Waals surface area contributed by atoms with Gasteiger partial charge >= 0.3 is 5.97 Å². The van der Waals surface area contributed by atoms with Crippen molar-refractivity contribution in [1.29, 1.82) is 0 Å². The summed E-state index contributed by atoms with van der Waals surface area (Å²) in [4.78, 5) is 14.2. The number of nitrogens with one attached hydrogen (secondary N) is 1. The van der Waals surface area contributed by atoms with Crippen LogP contribution in [-0.4, -0.2) is 20.6 Å². The number of fused-ring (bicyclic) bond motifs is 3. The first-order valence-electron chi connectivity index (χ1n) is 5.08. The number of H-pyrrole nitrogens is 1. The van der Waals surface area contributed by atoms with Crippen LogP contribution in [-0.2, 0) is 7.05 Å². The molecule has 0 saturated heterocycles. The quantitative estimate of drug-likeness (QED) is 0.695. The Labute approximate surface area is 101 Å². The van der Waals surface area contributed by atoms with Crippen LogP contribution in [0.4, 0.5) is 0 Å². The fraction of sp³-hybridized carbons (Fsp3) is 0.0833. The smallest absolute Gasteiger partial charge is 0.352 e. The molecule has 3 aromatic rings. The molecule has 0 spiro atoms. The topological polar surface area (TPSA) is 58.0 Å². The molecule has 0 amide bonds. The van der Waals surface area contributed by atoms with Crippen LogP contribution < -0.4 is 0 Å². The van der Waals surface area contributed by atoms with E-state index in [2.05, 4.69) is 4.98 Å². The van der Waals surface area contributed by atoms with Gasteiger partial charge in [-0.25, -0.2) is 4.79 Å². The Hall–Kier alpha value is -1.94. The summed E-state index contributed by atoms with van der Waals surface area (Å²) in [5, 5.41) is 11.5. The fourth-order valence-electron chi connectivity index (χ4n) is 2.14. The summed E-state index contributed by atoms with van der Waals surface area (Å²) in [6.45, 7) is 0. The van der Waals surface area contributed by atoms with Crippen LogP contribution in [0.15, 0.2) is 24.3 Å². The number of benzene rings is 1. The van der Waals surface area contributed by atoms with Gasteiger partial charge in [0, 0.05) is 28.4 Å². The Morgan fingerprint density at radius 2 is 2.12 bits per heavy atom. The Bertz CT molecular complexity index is 755. The molecule has 2 aromatic heterocycles. The maximum Gasteiger partial charge on any atom is 0.352 e. The second kappa shape index (κ2) is 3.28. The zero-order chi connectivity index (χ0) is 12.2. The number of hydrogen-bond acceptors (Lipinski definition) is 1. The van der Waals surface area contributed by atoms with E-state index in [1.165, 1.54) is 0 Å². The van der Waals surface area contributed by atoms with Crippen LogP contribution in [0.1, 0.15) is 10.5 Å². The van der Waals surface area contributed by atoms with Gasteiger partial charge in [0.25, 0.3) is 0 Å². The number of aromatic amines is 1. The van der Waals surface area contributed by atoms with Crippen LogP contribution in [0.2, 0.25) is 5.02 Å². The number of carboxylic acids is 1. The lowest BCUT2D eigenvalue weighted by molar-refractivity contribution is 0.0687. The zero-order valence-electron chi connectivity index (χ0n) is 8.99. The number of halogens is 1. The molecular weight excluding hydrogens is 240 g/mol. The summed E-state index contributed by atoms with van der Waals surface area (Å²) in [6, 6.07) is 7.18. The first-order valence-corrected chi connectivity index (χ1v) is 5.45. The van der Waals surface area contributed by atoms with Crippen LogP contribution >= 0.6 is 11.6 Å². The molecule has 0 bridgehead atoms. The number of aromatic nitrogens is 2. The van der Waals surface area contributed by atoms with Gasteiger partial charge in [-0.2, -0.15) is 0 Å². The molecule has 1 aromatic carbocycles. The van der Waals surface area contributed by atoms with Gasteiger partial charge < -0.3 is 14.7 Å². The van der Waals surface area contributed by atoms with E-state index in [1.807, 2.05) is 12.1 Å². The number of carbonyl (C=O) groups is 1. The molecule has 0 aliphatic heterocycles. The molecule has 17 heavy (non-hydrogen) atoms. The van der Waals surface area contributed by atoms with E-state index in [-0.39, 0.29) is 5.69 Å². The van der Waals surface area contributed by atoms with Crippen LogP contribution in [0.25, 0.3) is 21.9 Å². The maximum atomic E-state index is 11.0. The van der Waals surface area contributed by atoms with E-state index in [4.69, 9.17) is 16.7 Å². The van der Waals surface area contributed by atoms with Gasteiger partial charge in [0.15, 0.2) is 0 Å². The SMILES string of the molecule is Cn1c(C(=O)O)cc2c3cc(Cl)ccc3[nH]c21. The average Bonchev–Trinajstić information content (AvgIpc) is 2.77. The highest BCUT2D eigenvalue weighted by Crippen LogP contribution is 2.29. The summed E-state index contributed by atoms with van der Waals surface area (Å²) >= 11 is 5.95. The number of aryl methyl sites for hydroxylation is 1. The van der Waals surface area contributed by atoms with E-state index in [1.54, 1.807) is 23.7 Å². The highest BCUT2D eigenvalue weighted by molar-refractivity contribution is 6.31. The maximum absolute atomic E-state index is 11.0. The molecule has 0 saturated carbocycles. The first kappa shape index (κ1) is 10.2. The number of aromatic carboxylic acids is 1. The molecule has 4 nitrogen and oxygen atoms in total. The molecule has 0 radical (unpaired) electrons. The monoisotopic (exact) mass is 248 g/mol. The number of carboxylic acid groups (broad SMARTS) is 1. The van der Waals surface area contributed by atoms with Crippen molar-refractivity contribution >= 4 is 39.5 Å². The van der Waals surface area contributed by atoms with Gasteiger partial charge in [-0.05, 0) is 24.3 Å². The first-order chi connectivity index (χ1) is 8.08. The van der Waals surface area contributed by atoms with Crippen LogP contribution in [0.5, 0.6) is 0 Å². The van der Waals surface area contributed by atoms with Crippen molar-refractivity contribution in [1.82, 2.24) is 9.55 Å². The van der Waals surface area contributed by atoms with Gasteiger partial charge in [-0.3, -0.25) is 0 Å². The van der Waals surface area contributed by atoms with Gasteiger partial charge in [0.2, 0.25) is 0 Å². The lowest BCUT2D eigenvalue weighted by Gasteiger charge is -1.97. The molecule has 0 aliphatic rings. The van der Waals surface area contributed by atoms with E-state index in [9.17, 15) is 4.79 Å². The van der Waals surface area contributed by atoms with Crippen molar-refractivity contribution in [2.24, 2.45) is 7.05 Å². The average molecular weight is 249 g/mol. The van der Waals surface area contributed by atoms with Gasteiger partial charge in [-0.1, -0.05) is 11.6 Å². The molecule has 0 aliphatic carbocycles. The third kappa shape index (κ3) is 1.34. The fourth-order valence-corrected chi connectivity index (χ4v) is 2.31. The van der Waals surface area contributed by atoms with E-state index in [0.717, 1.165) is 21.9 Å². The van der Waals surface area contributed by atoms with Crippen molar-refractivity contribution < 1.29 is 9.90 Å². The minimum atomic E-state index is -0.938. The van der Waals surface area contributed by atoms with Gasteiger partial charge in [0.1, 0.15) is 11.3 Å². The summed E-state index contributed by atoms with van der Waals surface area (Å²) < 4.78 is 1.63. The van der Waals surface area contributed by atoms with Crippen LogP contribution in [0, 0.1) is 0 Å². The molecule has 5 heteroatoms. The largest absolute Gasteiger partial charge is 0.477 e. The molecule has 2 heterocycles. The minimum absolute atomic E-state index is 0.258. The second-order valence-corrected chi connectivity index (χ2v) is 4.41. The van der Waals surface area contributed by atoms with Gasteiger partial charge in [0.05, 0.1) is 0 Å². The minimum Gasteiger partial charge on any atom is -0.477 e. The molecule has 3 rings (SSSR count). The van der Waals surface area contributed by atoms with E-state index in [0.29, 0.717) is 5.02 Å². The molecular formula is C12H9ClN2O2. The van der Waals surface area contributed by atoms with Crippen LogP contribution in [0.3, 0.4) is 0 Å². The molecule has 0 fully saturated rings. The predicted octanol–water partition coefficient (Wildman–Crippen LogP) is 3.01. The van der Waals surface area contributed by atoms with Crippen molar-refractivity contribution in [3.8, 4) is 0 Å². The third-order valence-electron chi connectivity index (χ3n) is 2.98. The Morgan fingerprint density at radius 3 is 2.82 bits per heavy atom. The standard InChI is InChI=1S/C12H9ClN2O2/c1-15-10(12(16)17)5-8-7-4-6(13)2-3-9(7)14-11(8)15/h2-5,14H,1H3,(H,16,17).